The maximum Gasteiger partial charge on any atom is 0.144 e. The number of alkyl halides is 1. The molecule has 1 aromatic heterocycles. The predicted octanol–water partition coefficient (Wildman–Crippen LogP) is 5.25. The van der Waals surface area contributed by atoms with Crippen LogP contribution in [0.15, 0.2) is 12.1 Å². The zero-order valence-corrected chi connectivity index (χ0v) is 12.9. The number of fused-ring (bicyclic) bond motifs is 1. The lowest BCUT2D eigenvalue weighted by molar-refractivity contribution is 0.220. The van der Waals surface area contributed by atoms with E-state index in [0.717, 1.165) is 29.7 Å². The molecule has 5 heteroatoms. The van der Waals surface area contributed by atoms with Gasteiger partial charge in [0.2, 0.25) is 0 Å². The minimum Gasteiger partial charge on any atom is -0.321 e. The molecule has 1 saturated carbocycles. The van der Waals surface area contributed by atoms with Crippen molar-refractivity contribution in [3.63, 3.8) is 0 Å². The molecular weight excluding hydrogens is 298 g/mol. The van der Waals surface area contributed by atoms with Gasteiger partial charge in [-0.2, -0.15) is 0 Å². The van der Waals surface area contributed by atoms with E-state index in [1.54, 1.807) is 6.07 Å². The van der Waals surface area contributed by atoms with E-state index in [9.17, 15) is 4.39 Å². The molecule has 1 heterocycles. The molecule has 0 amide bonds. The van der Waals surface area contributed by atoms with Crippen LogP contribution in [0.2, 0.25) is 5.02 Å². The summed E-state index contributed by atoms with van der Waals surface area (Å²) in [6.07, 6.45) is 5.79. The number of halogens is 3. The number of hydrogen-bond acceptors (Lipinski definition) is 1. The van der Waals surface area contributed by atoms with Crippen molar-refractivity contribution in [2.24, 2.45) is 0 Å². The summed E-state index contributed by atoms with van der Waals surface area (Å²) in [5.41, 5.74) is 1.49. The largest absolute Gasteiger partial charge is 0.321 e. The van der Waals surface area contributed by atoms with E-state index in [-0.39, 0.29) is 10.6 Å². The van der Waals surface area contributed by atoms with Crippen molar-refractivity contribution in [2.75, 3.05) is 0 Å². The smallest absolute Gasteiger partial charge is 0.144 e. The maximum absolute atomic E-state index is 13.8. The molecule has 0 aliphatic heterocycles. The predicted molar refractivity (Wildman–Crippen MR) is 81.0 cm³/mol. The first-order valence-electron chi connectivity index (χ1n) is 6.98. The Morgan fingerprint density at radius 2 is 2.00 bits per heavy atom. The minimum absolute atomic E-state index is 0.0303. The number of aromatic nitrogens is 2. The average molecular weight is 315 g/mol. The van der Waals surface area contributed by atoms with Crippen molar-refractivity contribution in [1.82, 2.24) is 9.55 Å². The van der Waals surface area contributed by atoms with Gasteiger partial charge in [-0.25, -0.2) is 9.37 Å². The third-order valence-corrected chi connectivity index (χ3v) is 4.88. The highest BCUT2D eigenvalue weighted by atomic mass is 35.5. The molecule has 0 spiro atoms. The average Bonchev–Trinajstić information content (AvgIpc) is 2.78. The van der Waals surface area contributed by atoms with Crippen LogP contribution in [-0.4, -0.2) is 9.55 Å². The van der Waals surface area contributed by atoms with E-state index in [1.165, 1.54) is 25.3 Å². The van der Waals surface area contributed by atoms with Gasteiger partial charge in [-0.1, -0.05) is 30.9 Å². The van der Waals surface area contributed by atoms with Crippen LogP contribution in [-0.2, 0) is 11.4 Å². The van der Waals surface area contributed by atoms with Crippen LogP contribution in [0.5, 0.6) is 0 Å². The Morgan fingerprint density at radius 1 is 1.30 bits per heavy atom. The fourth-order valence-corrected chi connectivity index (χ4v) is 3.69. The van der Waals surface area contributed by atoms with Crippen LogP contribution in [0.1, 0.15) is 44.9 Å². The Kier molecular flexibility index (Phi) is 3.67. The second kappa shape index (κ2) is 5.19. The second-order valence-electron chi connectivity index (χ2n) is 5.81. The van der Waals surface area contributed by atoms with Gasteiger partial charge >= 0.3 is 0 Å². The standard InChI is InChI=1S/C15H17Cl2FN2/c1-15(5-3-2-4-6-15)20-13-8-11(18)10(17)7-12(13)19-14(20)9-16/h7-8H,2-6,9H2,1H3. The first-order valence-corrected chi connectivity index (χ1v) is 7.89. The molecule has 20 heavy (non-hydrogen) atoms. The minimum atomic E-state index is -0.402. The van der Waals surface area contributed by atoms with E-state index < -0.39 is 5.82 Å². The summed E-state index contributed by atoms with van der Waals surface area (Å²) in [5.74, 6) is 0.720. The number of nitrogens with zero attached hydrogens (tertiary/aromatic N) is 2. The summed E-state index contributed by atoms with van der Waals surface area (Å²) in [6, 6.07) is 3.07. The van der Waals surface area contributed by atoms with Crippen molar-refractivity contribution in [3.8, 4) is 0 Å². The molecule has 0 N–H and O–H groups in total. The molecule has 1 aromatic carbocycles. The van der Waals surface area contributed by atoms with Gasteiger partial charge < -0.3 is 4.57 Å². The zero-order chi connectivity index (χ0) is 14.3. The lowest BCUT2D eigenvalue weighted by atomic mass is 9.83. The van der Waals surface area contributed by atoms with E-state index in [4.69, 9.17) is 23.2 Å². The summed E-state index contributed by atoms with van der Waals surface area (Å²) < 4.78 is 16.0. The van der Waals surface area contributed by atoms with E-state index in [0.29, 0.717) is 5.88 Å². The van der Waals surface area contributed by atoms with Crippen molar-refractivity contribution in [2.45, 2.75) is 50.4 Å². The Morgan fingerprint density at radius 3 is 2.65 bits per heavy atom. The van der Waals surface area contributed by atoms with Gasteiger partial charge in [0.1, 0.15) is 11.6 Å². The van der Waals surface area contributed by atoms with Crippen LogP contribution in [0.4, 0.5) is 4.39 Å². The number of imidazole rings is 1. The fraction of sp³-hybridized carbons (Fsp3) is 0.533. The Labute approximate surface area is 127 Å². The van der Waals surface area contributed by atoms with Gasteiger partial charge in [0.25, 0.3) is 0 Å². The summed E-state index contributed by atoms with van der Waals surface area (Å²) >= 11 is 11.9. The van der Waals surface area contributed by atoms with E-state index in [2.05, 4.69) is 16.5 Å². The normalized spacial score (nSPS) is 18.6. The summed E-state index contributed by atoms with van der Waals surface area (Å²) in [6.45, 7) is 2.22. The first kappa shape index (κ1) is 14.2. The van der Waals surface area contributed by atoms with Crippen LogP contribution in [0.3, 0.4) is 0 Å². The summed E-state index contributed by atoms with van der Waals surface area (Å²) in [4.78, 5) is 4.53. The summed E-state index contributed by atoms with van der Waals surface area (Å²) in [5, 5.41) is 0.108. The molecule has 1 aliphatic carbocycles. The number of rotatable bonds is 2. The lowest BCUT2D eigenvalue weighted by Crippen LogP contribution is -2.33. The maximum atomic E-state index is 13.8. The SMILES string of the molecule is CC1(n2c(CCl)nc3cc(Cl)c(F)cc32)CCCCC1. The van der Waals surface area contributed by atoms with Gasteiger partial charge in [0.05, 0.1) is 21.9 Å². The van der Waals surface area contributed by atoms with Crippen LogP contribution >= 0.6 is 23.2 Å². The molecule has 3 rings (SSSR count). The van der Waals surface area contributed by atoms with Crippen LogP contribution in [0.25, 0.3) is 11.0 Å². The molecule has 0 saturated heterocycles. The van der Waals surface area contributed by atoms with Crippen LogP contribution in [0, 0.1) is 5.82 Å². The van der Waals surface area contributed by atoms with Crippen molar-refractivity contribution in [1.29, 1.82) is 0 Å². The van der Waals surface area contributed by atoms with Crippen molar-refractivity contribution < 1.29 is 4.39 Å². The Balaban J connectivity index is 2.24. The molecule has 0 bridgehead atoms. The van der Waals surface area contributed by atoms with Crippen molar-refractivity contribution >= 4 is 34.2 Å². The lowest BCUT2D eigenvalue weighted by Gasteiger charge is -2.36. The highest BCUT2D eigenvalue weighted by Gasteiger charge is 2.32. The molecule has 108 valence electrons. The first-order chi connectivity index (χ1) is 9.55. The Bertz CT molecular complexity index is 645. The third kappa shape index (κ3) is 2.21. The Hall–Kier alpha value is -0.800. The fourth-order valence-electron chi connectivity index (χ4n) is 3.35. The molecule has 0 radical (unpaired) electrons. The van der Waals surface area contributed by atoms with Gasteiger partial charge in [-0.05, 0) is 25.8 Å². The second-order valence-corrected chi connectivity index (χ2v) is 6.48. The molecule has 2 aromatic rings. The molecule has 1 fully saturated rings. The summed E-state index contributed by atoms with van der Waals surface area (Å²) in [7, 11) is 0. The van der Waals surface area contributed by atoms with Crippen LogP contribution < -0.4 is 0 Å². The topological polar surface area (TPSA) is 17.8 Å². The number of hydrogen-bond donors (Lipinski definition) is 0. The van der Waals surface area contributed by atoms with Gasteiger partial charge in [0, 0.05) is 11.6 Å². The van der Waals surface area contributed by atoms with Gasteiger partial charge in [0.15, 0.2) is 0 Å². The molecule has 1 aliphatic rings. The van der Waals surface area contributed by atoms with Gasteiger partial charge in [-0.3, -0.25) is 0 Å². The third-order valence-electron chi connectivity index (χ3n) is 4.36. The highest BCUT2D eigenvalue weighted by molar-refractivity contribution is 6.31. The van der Waals surface area contributed by atoms with E-state index in [1.807, 2.05) is 0 Å². The van der Waals surface area contributed by atoms with Gasteiger partial charge in [-0.15, -0.1) is 11.6 Å². The zero-order valence-electron chi connectivity index (χ0n) is 11.4. The quantitative estimate of drug-likeness (QED) is 0.692. The molecule has 0 atom stereocenters. The highest BCUT2D eigenvalue weighted by Crippen LogP contribution is 2.39. The number of benzene rings is 1. The van der Waals surface area contributed by atoms with Crippen molar-refractivity contribution in [3.05, 3.63) is 28.8 Å². The van der Waals surface area contributed by atoms with E-state index >= 15 is 0 Å². The molecule has 2 nitrogen and oxygen atoms in total. The molecular formula is C15H17Cl2FN2. The monoisotopic (exact) mass is 314 g/mol. The molecule has 0 unspecified atom stereocenters.